The highest BCUT2D eigenvalue weighted by Gasteiger charge is 2.12. The average Bonchev–Trinajstić information content (AvgIpc) is 2.65. The van der Waals surface area contributed by atoms with Gasteiger partial charge < -0.3 is 11.2 Å². The van der Waals surface area contributed by atoms with Crippen LogP contribution in [-0.2, 0) is 5.75 Å². The molecule has 3 N–H and O–H groups in total. The van der Waals surface area contributed by atoms with E-state index in [9.17, 15) is 14.9 Å². The minimum atomic E-state index is -0.546. The number of thioether (sulfide) groups is 1. The minimum absolute atomic E-state index is 0.0502. The number of nitrogens with zero attached hydrogens (tertiary/aromatic N) is 4. The summed E-state index contributed by atoms with van der Waals surface area (Å²) in [6.45, 7) is 2.01. The highest BCUT2D eigenvalue weighted by molar-refractivity contribution is 7.98. The van der Waals surface area contributed by atoms with Crippen LogP contribution in [-0.4, -0.2) is 19.8 Å². The van der Waals surface area contributed by atoms with Crippen LogP contribution >= 0.6 is 11.8 Å². The number of nitrogen functional groups attached to an aromatic ring is 1. The molecule has 9 nitrogen and oxygen atoms in total. The molecule has 1 heterocycles. The number of rotatable bonds is 6. The summed E-state index contributed by atoms with van der Waals surface area (Å²) in [4.78, 5) is 22.6. The van der Waals surface area contributed by atoms with Crippen LogP contribution in [0.25, 0.3) is 0 Å². The number of nitro benzene ring substituents is 1. The molecule has 0 atom stereocenters. The Bertz CT molecular complexity index is 1040. The Kier molecular flexibility index (Phi) is 5.36. The van der Waals surface area contributed by atoms with Gasteiger partial charge in [0.05, 0.1) is 4.92 Å². The number of aryl methyl sites for hydroxylation is 1. The number of nitrogens with two attached hydrogens (primary N) is 1. The highest BCUT2D eigenvalue weighted by atomic mass is 32.2. The second-order valence-electron chi connectivity index (χ2n) is 5.71. The van der Waals surface area contributed by atoms with E-state index in [4.69, 9.17) is 5.84 Å². The number of aromatic nitrogens is 3. The van der Waals surface area contributed by atoms with Crippen LogP contribution in [0.5, 0.6) is 0 Å². The van der Waals surface area contributed by atoms with Gasteiger partial charge in [-0.1, -0.05) is 41.6 Å². The van der Waals surface area contributed by atoms with Crippen LogP contribution in [0.1, 0.15) is 11.1 Å². The first kappa shape index (κ1) is 18.4. The van der Waals surface area contributed by atoms with Gasteiger partial charge in [0, 0.05) is 23.6 Å². The Morgan fingerprint density at radius 2 is 1.96 bits per heavy atom. The van der Waals surface area contributed by atoms with Crippen LogP contribution in [0, 0.1) is 17.0 Å². The molecule has 0 aliphatic carbocycles. The van der Waals surface area contributed by atoms with Crippen molar-refractivity contribution in [2.75, 3.05) is 11.2 Å². The molecule has 0 aliphatic rings. The molecule has 0 fully saturated rings. The van der Waals surface area contributed by atoms with Crippen molar-refractivity contribution >= 4 is 29.0 Å². The van der Waals surface area contributed by atoms with Crippen LogP contribution in [0.15, 0.2) is 58.5 Å². The van der Waals surface area contributed by atoms with Gasteiger partial charge in [-0.05, 0) is 24.6 Å². The third-order valence-corrected chi connectivity index (χ3v) is 4.67. The molecule has 27 heavy (non-hydrogen) atoms. The van der Waals surface area contributed by atoms with Gasteiger partial charge in [-0.3, -0.25) is 14.9 Å². The third kappa shape index (κ3) is 4.42. The van der Waals surface area contributed by atoms with E-state index in [2.05, 4.69) is 15.5 Å². The lowest BCUT2D eigenvalue weighted by Crippen LogP contribution is -2.32. The molecular formula is C17H16N6O3S. The van der Waals surface area contributed by atoms with E-state index in [-0.39, 0.29) is 16.7 Å². The summed E-state index contributed by atoms with van der Waals surface area (Å²) >= 11 is 1.30. The monoisotopic (exact) mass is 384 g/mol. The van der Waals surface area contributed by atoms with E-state index in [1.165, 1.54) is 36.0 Å². The molecule has 0 amide bonds. The maximum atomic E-state index is 12.4. The Balaban J connectivity index is 1.74. The summed E-state index contributed by atoms with van der Waals surface area (Å²) < 4.78 is 0.932. The molecule has 0 saturated carbocycles. The van der Waals surface area contributed by atoms with Crippen molar-refractivity contribution in [2.45, 2.75) is 17.8 Å². The fourth-order valence-corrected chi connectivity index (χ4v) is 3.11. The second kappa shape index (κ2) is 7.87. The molecule has 0 unspecified atom stereocenters. The molecule has 0 spiro atoms. The molecule has 0 aliphatic heterocycles. The summed E-state index contributed by atoms with van der Waals surface area (Å²) in [5.41, 5.74) is 2.10. The van der Waals surface area contributed by atoms with Crippen molar-refractivity contribution in [3.63, 3.8) is 0 Å². The number of nitro groups is 1. The lowest BCUT2D eigenvalue weighted by Gasteiger charge is -2.09. The number of hydrogen-bond acceptors (Lipinski definition) is 8. The molecule has 0 radical (unpaired) electrons. The Morgan fingerprint density at radius 3 is 2.63 bits per heavy atom. The quantitative estimate of drug-likeness (QED) is 0.287. The maximum absolute atomic E-state index is 12.4. The standard InChI is InChI=1S/C17H16N6O3S/c1-11-3-2-4-12(9-11)10-27-17-21-20-15(16(24)22(17)18)19-13-5-7-14(8-6-13)23(25)26/h2-9H,10,18H2,1H3,(H,19,20). The van der Waals surface area contributed by atoms with Crippen LogP contribution < -0.4 is 16.7 Å². The normalized spacial score (nSPS) is 10.6. The zero-order chi connectivity index (χ0) is 19.4. The van der Waals surface area contributed by atoms with Gasteiger partial charge in [-0.25, -0.2) is 0 Å². The van der Waals surface area contributed by atoms with Gasteiger partial charge in [0.2, 0.25) is 11.0 Å². The predicted octanol–water partition coefficient (Wildman–Crippen LogP) is 2.60. The summed E-state index contributed by atoms with van der Waals surface area (Å²) in [6, 6.07) is 13.6. The number of nitrogens with one attached hydrogen (secondary N) is 1. The smallest absolute Gasteiger partial charge is 0.315 e. The first-order valence-electron chi connectivity index (χ1n) is 7.88. The fourth-order valence-electron chi connectivity index (χ4n) is 2.31. The van der Waals surface area contributed by atoms with Crippen molar-refractivity contribution in [3.05, 3.63) is 80.1 Å². The van der Waals surface area contributed by atoms with E-state index in [0.717, 1.165) is 15.8 Å². The molecule has 10 heteroatoms. The molecule has 3 rings (SSSR count). The fraction of sp³-hybridized carbons (Fsp3) is 0.118. The van der Waals surface area contributed by atoms with Gasteiger partial charge in [0.1, 0.15) is 0 Å². The van der Waals surface area contributed by atoms with Gasteiger partial charge in [0.25, 0.3) is 5.69 Å². The summed E-state index contributed by atoms with van der Waals surface area (Å²) in [5, 5.41) is 21.6. The first-order chi connectivity index (χ1) is 12.9. The van der Waals surface area contributed by atoms with E-state index < -0.39 is 10.5 Å². The zero-order valence-corrected chi connectivity index (χ0v) is 15.1. The molecular weight excluding hydrogens is 368 g/mol. The lowest BCUT2D eigenvalue weighted by molar-refractivity contribution is -0.384. The minimum Gasteiger partial charge on any atom is -0.334 e. The van der Waals surface area contributed by atoms with Crippen molar-refractivity contribution < 1.29 is 4.92 Å². The largest absolute Gasteiger partial charge is 0.334 e. The van der Waals surface area contributed by atoms with E-state index in [1.807, 2.05) is 31.2 Å². The van der Waals surface area contributed by atoms with Crippen LogP contribution in [0.3, 0.4) is 0 Å². The van der Waals surface area contributed by atoms with Gasteiger partial charge in [0.15, 0.2) is 0 Å². The highest BCUT2D eigenvalue weighted by Crippen LogP contribution is 2.20. The van der Waals surface area contributed by atoms with Gasteiger partial charge >= 0.3 is 5.56 Å². The Labute approximate surface area is 158 Å². The summed E-state index contributed by atoms with van der Waals surface area (Å²) in [5.74, 6) is 6.38. The SMILES string of the molecule is Cc1cccc(CSc2nnc(Nc3ccc([N+](=O)[O-])cc3)c(=O)n2N)c1. The van der Waals surface area contributed by atoms with Crippen LogP contribution in [0.2, 0.25) is 0 Å². The molecule has 138 valence electrons. The van der Waals surface area contributed by atoms with Crippen LogP contribution in [0.4, 0.5) is 17.2 Å². The third-order valence-electron chi connectivity index (χ3n) is 3.65. The van der Waals surface area contributed by atoms with Crippen molar-refractivity contribution in [1.82, 2.24) is 14.9 Å². The number of anilines is 2. The maximum Gasteiger partial charge on any atom is 0.315 e. The molecule has 0 saturated heterocycles. The Morgan fingerprint density at radius 1 is 1.22 bits per heavy atom. The summed E-state index contributed by atoms with van der Waals surface area (Å²) in [7, 11) is 0. The topological polar surface area (TPSA) is 129 Å². The molecule has 2 aromatic carbocycles. The van der Waals surface area contributed by atoms with Crippen molar-refractivity contribution in [3.8, 4) is 0 Å². The lowest BCUT2D eigenvalue weighted by atomic mass is 10.2. The van der Waals surface area contributed by atoms with Gasteiger partial charge in [-0.15, -0.1) is 10.2 Å². The Hall–Kier alpha value is -3.40. The molecule has 0 bridgehead atoms. The predicted molar refractivity (Wildman–Crippen MR) is 104 cm³/mol. The number of non-ortho nitro benzene ring substituents is 1. The first-order valence-corrected chi connectivity index (χ1v) is 8.87. The van der Waals surface area contributed by atoms with Crippen molar-refractivity contribution in [2.24, 2.45) is 0 Å². The van der Waals surface area contributed by atoms with E-state index in [1.54, 1.807) is 0 Å². The number of benzene rings is 2. The summed E-state index contributed by atoms with van der Waals surface area (Å²) in [6.07, 6.45) is 0. The molecule has 1 aromatic heterocycles. The van der Waals surface area contributed by atoms with E-state index >= 15 is 0 Å². The molecule has 3 aromatic rings. The van der Waals surface area contributed by atoms with Gasteiger partial charge in [-0.2, -0.15) is 4.68 Å². The second-order valence-corrected chi connectivity index (χ2v) is 6.66. The van der Waals surface area contributed by atoms with E-state index in [0.29, 0.717) is 11.4 Å². The van der Waals surface area contributed by atoms with Crippen molar-refractivity contribution in [1.29, 1.82) is 0 Å². The number of hydrogen-bond donors (Lipinski definition) is 2. The average molecular weight is 384 g/mol. The zero-order valence-electron chi connectivity index (χ0n) is 14.3.